The van der Waals surface area contributed by atoms with Gasteiger partial charge in [-0.1, -0.05) is 34.1 Å². The molecule has 124 valence electrons. The third kappa shape index (κ3) is 4.96. The molecule has 0 aromatic heterocycles. The number of methoxy groups -OCH3 is 1. The van der Waals surface area contributed by atoms with Crippen molar-refractivity contribution in [1.82, 2.24) is 0 Å². The van der Waals surface area contributed by atoms with Crippen molar-refractivity contribution in [3.63, 3.8) is 0 Å². The van der Waals surface area contributed by atoms with Gasteiger partial charge in [0, 0.05) is 10.5 Å². The van der Waals surface area contributed by atoms with E-state index in [4.69, 9.17) is 15.2 Å². The molecule has 0 aliphatic heterocycles. The molecular formula is C18H16BrNO4. The van der Waals surface area contributed by atoms with E-state index in [1.807, 2.05) is 24.3 Å². The molecule has 2 N–H and O–H groups in total. The monoisotopic (exact) mass is 389 g/mol. The first kappa shape index (κ1) is 17.7. The highest BCUT2D eigenvalue weighted by Gasteiger charge is 2.11. The van der Waals surface area contributed by atoms with E-state index in [1.54, 1.807) is 24.3 Å². The molecule has 0 bridgehead atoms. The Morgan fingerprint density at radius 1 is 1.17 bits per heavy atom. The molecule has 2 rings (SSSR count). The van der Waals surface area contributed by atoms with E-state index in [9.17, 15) is 9.59 Å². The molecule has 0 aliphatic carbocycles. The first-order chi connectivity index (χ1) is 11.5. The van der Waals surface area contributed by atoms with Gasteiger partial charge in [-0.2, -0.15) is 0 Å². The fraction of sp³-hybridized carbons (Fsp3) is 0.111. The molecule has 1 amide bonds. The lowest BCUT2D eigenvalue weighted by Crippen LogP contribution is -2.20. The zero-order valence-corrected chi connectivity index (χ0v) is 14.6. The van der Waals surface area contributed by atoms with Gasteiger partial charge in [0.2, 0.25) is 0 Å². The van der Waals surface area contributed by atoms with Crippen molar-refractivity contribution in [1.29, 1.82) is 0 Å². The van der Waals surface area contributed by atoms with Gasteiger partial charge >= 0.3 is 0 Å². The number of hydrogen-bond acceptors (Lipinski definition) is 4. The molecule has 24 heavy (non-hydrogen) atoms. The number of benzene rings is 2. The zero-order valence-electron chi connectivity index (χ0n) is 13.0. The van der Waals surface area contributed by atoms with Crippen LogP contribution in [0.4, 0.5) is 0 Å². The van der Waals surface area contributed by atoms with E-state index in [0.717, 1.165) is 10.0 Å². The number of allylic oxidation sites excluding steroid dienone is 1. The summed E-state index contributed by atoms with van der Waals surface area (Å²) in [6, 6.07) is 12.3. The molecule has 2 aromatic rings. The average Bonchev–Trinajstić information content (AvgIpc) is 2.58. The van der Waals surface area contributed by atoms with Gasteiger partial charge in [0.15, 0.2) is 12.4 Å². The molecule has 0 aliphatic rings. The predicted molar refractivity (Wildman–Crippen MR) is 95.2 cm³/mol. The Bertz CT molecular complexity index is 769. The van der Waals surface area contributed by atoms with Crippen LogP contribution in [0.25, 0.3) is 6.08 Å². The third-order valence-corrected chi connectivity index (χ3v) is 3.65. The van der Waals surface area contributed by atoms with Gasteiger partial charge in [-0.25, -0.2) is 0 Å². The van der Waals surface area contributed by atoms with Gasteiger partial charge in [-0.05, 0) is 35.9 Å². The Balaban J connectivity index is 2.16. The number of ketones is 1. The van der Waals surface area contributed by atoms with Gasteiger partial charge in [0.1, 0.15) is 11.5 Å². The number of primary amides is 1. The van der Waals surface area contributed by atoms with Crippen LogP contribution < -0.4 is 15.2 Å². The quantitative estimate of drug-likeness (QED) is 0.582. The Labute approximate surface area is 148 Å². The second-order valence-corrected chi connectivity index (χ2v) is 5.78. The average molecular weight is 390 g/mol. The second kappa shape index (κ2) is 8.31. The smallest absolute Gasteiger partial charge is 0.255 e. The van der Waals surface area contributed by atoms with Crippen LogP contribution >= 0.6 is 15.9 Å². The fourth-order valence-corrected chi connectivity index (χ4v) is 2.22. The van der Waals surface area contributed by atoms with Gasteiger partial charge < -0.3 is 15.2 Å². The molecule has 6 heteroatoms. The summed E-state index contributed by atoms with van der Waals surface area (Å²) in [4.78, 5) is 23.1. The molecule has 0 atom stereocenters. The molecule has 0 spiro atoms. The molecule has 0 saturated heterocycles. The van der Waals surface area contributed by atoms with Crippen molar-refractivity contribution in [2.24, 2.45) is 5.73 Å². The van der Waals surface area contributed by atoms with Gasteiger partial charge in [0.25, 0.3) is 5.91 Å². The molecule has 2 aromatic carbocycles. The van der Waals surface area contributed by atoms with Gasteiger partial charge in [-0.15, -0.1) is 0 Å². The van der Waals surface area contributed by atoms with Crippen LogP contribution in [0.3, 0.4) is 0 Å². The lowest BCUT2D eigenvalue weighted by atomic mass is 10.1. The highest BCUT2D eigenvalue weighted by atomic mass is 79.9. The van der Waals surface area contributed by atoms with E-state index in [2.05, 4.69) is 15.9 Å². The Morgan fingerprint density at radius 3 is 2.50 bits per heavy atom. The van der Waals surface area contributed by atoms with Gasteiger partial charge in [0.05, 0.1) is 12.7 Å². The molecule has 0 unspecified atom stereocenters. The van der Waals surface area contributed by atoms with E-state index in [-0.39, 0.29) is 12.4 Å². The predicted octanol–water partition coefficient (Wildman–Crippen LogP) is 3.22. The zero-order chi connectivity index (χ0) is 17.5. The number of ether oxygens (including phenoxy) is 2. The summed E-state index contributed by atoms with van der Waals surface area (Å²) in [7, 11) is 1.46. The van der Waals surface area contributed by atoms with E-state index < -0.39 is 5.91 Å². The summed E-state index contributed by atoms with van der Waals surface area (Å²) in [5.74, 6) is -0.00992. The van der Waals surface area contributed by atoms with Crippen LogP contribution in [0.1, 0.15) is 15.9 Å². The van der Waals surface area contributed by atoms with Crippen molar-refractivity contribution in [2.45, 2.75) is 0 Å². The van der Waals surface area contributed by atoms with Crippen LogP contribution in [0.5, 0.6) is 11.5 Å². The SMILES string of the molecule is COc1cc(OCC(N)=O)ccc1C(=O)/C=C/c1ccc(Br)cc1. The molecule has 5 nitrogen and oxygen atoms in total. The van der Waals surface area contributed by atoms with Crippen LogP contribution in [0.15, 0.2) is 53.0 Å². The molecule has 0 radical (unpaired) electrons. The lowest BCUT2D eigenvalue weighted by Gasteiger charge is -2.09. The number of hydrogen-bond donors (Lipinski definition) is 1. The maximum Gasteiger partial charge on any atom is 0.255 e. The van der Waals surface area contributed by atoms with E-state index >= 15 is 0 Å². The van der Waals surface area contributed by atoms with Crippen molar-refractivity contribution in [3.8, 4) is 11.5 Å². The lowest BCUT2D eigenvalue weighted by molar-refractivity contribution is -0.119. The molecular weight excluding hydrogens is 374 g/mol. The number of carbonyl (C=O) groups is 2. The van der Waals surface area contributed by atoms with Crippen LogP contribution in [-0.2, 0) is 4.79 Å². The van der Waals surface area contributed by atoms with Crippen molar-refractivity contribution in [2.75, 3.05) is 13.7 Å². The Hall–Kier alpha value is -2.60. The highest BCUT2D eigenvalue weighted by molar-refractivity contribution is 9.10. The summed E-state index contributed by atoms with van der Waals surface area (Å²) in [6.07, 6.45) is 3.21. The Morgan fingerprint density at radius 2 is 1.88 bits per heavy atom. The first-order valence-corrected chi connectivity index (χ1v) is 7.86. The summed E-state index contributed by atoms with van der Waals surface area (Å²) in [6.45, 7) is -0.236. The van der Waals surface area contributed by atoms with E-state index in [0.29, 0.717) is 17.1 Å². The van der Waals surface area contributed by atoms with Crippen molar-refractivity contribution >= 4 is 33.7 Å². The first-order valence-electron chi connectivity index (χ1n) is 7.06. The summed E-state index contributed by atoms with van der Waals surface area (Å²) >= 11 is 3.36. The summed E-state index contributed by atoms with van der Waals surface area (Å²) < 4.78 is 11.4. The van der Waals surface area contributed by atoms with Crippen molar-refractivity contribution < 1.29 is 19.1 Å². The second-order valence-electron chi connectivity index (χ2n) is 4.87. The van der Waals surface area contributed by atoms with Gasteiger partial charge in [-0.3, -0.25) is 9.59 Å². The summed E-state index contributed by atoms with van der Waals surface area (Å²) in [5, 5.41) is 0. The normalized spacial score (nSPS) is 10.6. The maximum atomic E-state index is 12.4. The minimum atomic E-state index is -0.577. The van der Waals surface area contributed by atoms with Crippen LogP contribution in [0.2, 0.25) is 0 Å². The number of halogens is 1. The topological polar surface area (TPSA) is 78.6 Å². The molecule has 0 fully saturated rings. The fourth-order valence-electron chi connectivity index (χ4n) is 1.95. The minimum Gasteiger partial charge on any atom is -0.496 e. The maximum absolute atomic E-state index is 12.4. The third-order valence-electron chi connectivity index (χ3n) is 3.12. The van der Waals surface area contributed by atoms with E-state index in [1.165, 1.54) is 13.2 Å². The van der Waals surface area contributed by atoms with Crippen LogP contribution in [0, 0.1) is 0 Å². The Kier molecular flexibility index (Phi) is 6.14. The molecule has 0 heterocycles. The standard InChI is InChI=1S/C18H16BrNO4/c1-23-17-10-14(24-11-18(20)22)7-8-15(17)16(21)9-4-12-2-5-13(19)6-3-12/h2-10H,11H2,1H3,(H2,20,22)/b9-4+. The number of rotatable bonds is 7. The minimum absolute atomic E-state index is 0.198. The number of carbonyl (C=O) groups excluding carboxylic acids is 2. The number of amides is 1. The number of nitrogens with two attached hydrogens (primary N) is 1. The van der Waals surface area contributed by atoms with Crippen molar-refractivity contribution in [3.05, 3.63) is 64.1 Å². The highest BCUT2D eigenvalue weighted by Crippen LogP contribution is 2.25. The molecule has 0 saturated carbocycles. The summed E-state index contributed by atoms with van der Waals surface area (Å²) in [5.41, 5.74) is 6.34. The largest absolute Gasteiger partial charge is 0.496 e. The van der Waals surface area contributed by atoms with Crippen LogP contribution in [-0.4, -0.2) is 25.4 Å².